The van der Waals surface area contributed by atoms with Crippen LogP contribution in [0.1, 0.15) is 32.3 Å². The van der Waals surface area contributed by atoms with Crippen molar-refractivity contribution in [1.82, 2.24) is 4.90 Å². The van der Waals surface area contributed by atoms with Crippen molar-refractivity contribution in [3.8, 4) is 6.07 Å². The van der Waals surface area contributed by atoms with Gasteiger partial charge in [-0.3, -0.25) is 4.79 Å². The van der Waals surface area contributed by atoms with Crippen molar-refractivity contribution in [3.05, 3.63) is 35.9 Å². The first-order valence-electron chi connectivity index (χ1n) is 7.07. The molecule has 3 nitrogen and oxygen atoms in total. The van der Waals surface area contributed by atoms with E-state index in [1.165, 1.54) is 0 Å². The maximum absolute atomic E-state index is 12.8. The van der Waals surface area contributed by atoms with Gasteiger partial charge in [0.2, 0.25) is 0 Å². The minimum atomic E-state index is -4.98. The molecule has 0 bridgehead atoms. The van der Waals surface area contributed by atoms with Crippen molar-refractivity contribution in [2.45, 2.75) is 45.5 Å². The van der Waals surface area contributed by atoms with Crippen LogP contribution in [0.15, 0.2) is 30.3 Å². The number of halogens is 3. The molecule has 1 amide bonds. The fourth-order valence-electron chi connectivity index (χ4n) is 2.05. The first kappa shape index (κ1) is 18.0. The van der Waals surface area contributed by atoms with Crippen LogP contribution in [-0.4, -0.2) is 23.0 Å². The lowest BCUT2D eigenvalue weighted by Gasteiger charge is -2.28. The molecule has 0 fully saturated rings. The number of rotatable bonds is 6. The zero-order valence-corrected chi connectivity index (χ0v) is 12.6. The normalized spacial score (nSPS) is 12.8. The number of hydrogen-bond acceptors (Lipinski definition) is 2. The van der Waals surface area contributed by atoms with Gasteiger partial charge in [0.1, 0.15) is 6.04 Å². The Labute approximate surface area is 128 Å². The predicted octanol–water partition coefficient (Wildman–Crippen LogP) is 3.91. The van der Waals surface area contributed by atoms with Gasteiger partial charge < -0.3 is 4.90 Å². The third-order valence-electron chi connectivity index (χ3n) is 3.24. The summed E-state index contributed by atoms with van der Waals surface area (Å²) in [5.41, 5.74) is 0.560. The van der Waals surface area contributed by atoms with Gasteiger partial charge >= 0.3 is 12.1 Å². The lowest BCUT2D eigenvalue weighted by atomic mass is 10.0. The van der Waals surface area contributed by atoms with Crippen LogP contribution >= 0.6 is 0 Å². The molecule has 1 atom stereocenters. The van der Waals surface area contributed by atoms with Gasteiger partial charge in [-0.1, -0.05) is 44.2 Å². The van der Waals surface area contributed by atoms with E-state index < -0.39 is 18.1 Å². The van der Waals surface area contributed by atoms with E-state index in [1.807, 2.05) is 19.9 Å². The first-order valence-corrected chi connectivity index (χ1v) is 7.07. The number of amides is 1. The minimum Gasteiger partial charge on any atom is -0.315 e. The molecule has 6 heteroatoms. The van der Waals surface area contributed by atoms with Gasteiger partial charge in [0.15, 0.2) is 0 Å². The second kappa shape index (κ2) is 7.83. The molecule has 0 spiro atoms. The highest BCUT2D eigenvalue weighted by Crippen LogP contribution is 2.24. The summed E-state index contributed by atoms with van der Waals surface area (Å²) in [5, 5.41) is 9.19. The molecule has 0 aliphatic heterocycles. The smallest absolute Gasteiger partial charge is 0.315 e. The van der Waals surface area contributed by atoms with Gasteiger partial charge in [-0.25, -0.2) is 0 Å². The van der Waals surface area contributed by atoms with Gasteiger partial charge in [-0.2, -0.15) is 18.4 Å². The second-order valence-corrected chi connectivity index (χ2v) is 5.53. The quantitative estimate of drug-likeness (QED) is 0.799. The molecule has 1 rings (SSSR count). The van der Waals surface area contributed by atoms with Crippen molar-refractivity contribution in [3.63, 3.8) is 0 Å². The van der Waals surface area contributed by atoms with E-state index in [0.717, 1.165) is 0 Å². The SMILES string of the molecule is CC(C)CC[C@@H](C#N)N(Cc1ccccc1)C(=O)C(F)(F)F. The molecule has 22 heavy (non-hydrogen) atoms. The molecule has 1 aromatic carbocycles. The maximum Gasteiger partial charge on any atom is 0.471 e. The van der Waals surface area contributed by atoms with Gasteiger partial charge in [-0.15, -0.1) is 0 Å². The number of nitriles is 1. The van der Waals surface area contributed by atoms with Crippen LogP contribution < -0.4 is 0 Å². The molecule has 0 saturated carbocycles. The van der Waals surface area contributed by atoms with Crippen LogP contribution in [0, 0.1) is 17.2 Å². The number of hydrogen-bond donors (Lipinski definition) is 0. The van der Waals surface area contributed by atoms with Crippen molar-refractivity contribution in [1.29, 1.82) is 5.26 Å². The van der Waals surface area contributed by atoms with Gasteiger partial charge in [0.05, 0.1) is 6.07 Å². The van der Waals surface area contributed by atoms with Gasteiger partial charge in [-0.05, 0) is 24.3 Å². The van der Waals surface area contributed by atoms with E-state index in [9.17, 15) is 23.2 Å². The van der Waals surface area contributed by atoms with Crippen LogP contribution in [0.5, 0.6) is 0 Å². The molecule has 0 radical (unpaired) electrons. The van der Waals surface area contributed by atoms with Crippen LogP contribution in [-0.2, 0) is 11.3 Å². The lowest BCUT2D eigenvalue weighted by Crippen LogP contribution is -2.46. The average Bonchev–Trinajstić information content (AvgIpc) is 2.45. The Morgan fingerprint density at radius 3 is 2.27 bits per heavy atom. The molecular formula is C16H19F3N2O. The summed E-state index contributed by atoms with van der Waals surface area (Å²) >= 11 is 0. The zero-order valence-electron chi connectivity index (χ0n) is 12.6. The molecule has 0 aromatic heterocycles. The second-order valence-electron chi connectivity index (χ2n) is 5.53. The van der Waals surface area contributed by atoms with E-state index in [-0.39, 0.29) is 18.9 Å². The number of carbonyl (C=O) groups excluding carboxylic acids is 1. The summed E-state index contributed by atoms with van der Waals surface area (Å²) in [6.07, 6.45) is -4.18. The molecule has 1 aromatic rings. The molecule has 120 valence electrons. The molecule has 0 unspecified atom stereocenters. The van der Waals surface area contributed by atoms with Crippen LogP contribution in [0.3, 0.4) is 0 Å². The van der Waals surface area contributed by atoms with Crippen molar-refractivity contribution >= 4 is 5.91 Å². The molecule has 0 aliphatic carbocycles. The fourth-order valence-corrected chi connectivity index (χ4v) is 2.05. The Bertz CT molecular complexity index is 520. The largest absolute Gasteiger partial charge is 0.471 e. The minimum absolute atomic E-state index is 0.225. The monoisotopic (exact) mass is 312 g/mol. The molecule has 0 aliphatic rings. The lowest BCUT2D eigenvalue weighted by molar-refractivity contribution is -0.187. The van der Waals surface area contributed by atoms with Crippen LogP contribution in [0.4, 0.5) is 13.2 Å². The van der Waals surface area contributed by atoms with E-state index in [4.69, 9.17) is 0 Å². The highest BCUT2D eigenvalue weighted by atomic mass is 19.4. The van der Waals surface area contributed by atoms with E-state index in [1.54, 1.807) is 30.3 Å². The Morgan fingerprint density at radius 2 is 1.82 bits per heavy atom. The summed E-state index contributed by atoms with van der Waals surface area (Å²) in [6.45, 7) is 3.61. The van der Waals surface area contributed by atoms with Gasteiger partial charge in [0.25, 0.3) is 0 Å². The third-order valence-corrected chi connectivity index (χ3v) is 3.24. The highest BCUT2D eigenvalue weighted by Gasteiger charge is 2.44. The highest BCUT2D eigenvalue weighted by molar-refractivity contribution is 5.82. The van der Waals surface area contributed by atoms with Gasteiger partial charge in [0, 0.05) is 6.54 Å². The number of nitrogens with zero attached hydrogens (tertiary/aromatic N) is 2. The standard InChI is InChI=1S/C16H19F3N2O/c1-12(2)8-9-14(10-20)21(15(22)16(17,18)19)11-13-6-4-3-5-7-13/h3-7,12,14H,8-9,11H2,1-2H3/t14-/m0/s1. The van der Waals surface area contributed by atoms with E-state index in [0.29, 0.717) is 16.9 Å². The van der Waals surface area contributed by atoms with Crippen molar-refractivity contribution < 1.29 is 18.0 Å². The zero-order chi connectivity index (χ0) is 16.8. The maximum atomic E-state index is 12.8. The van der Waals surface area contributed by atoms with Crippen LogP contribution in [0.25, 0.3) is 0 Å². The third kappa shape index (κ3) is 5.40. The summed E-state index contributed by atoms with van der Waals surface area (Å²) in [6, 6.07) is 9.11. The Kier molecular flexibility index (Phi) is 6.41. The Balaban J connectivity index is 2.99. The summed E-state index contributed by atoms with van der Waals surface area (Å²) in [4.78, 5) is 12.3. The van der Waals surface area contributed by atoms with Crippen molar-refractivity contribution in [2.75, 3.05) is 0 Å². The van der Waals surface area contributed by atoms with Crippen molar-refractivity contribution in [2.24, 2.45) is 5.92 Å². The number of alkyl halides is 3. The Morgan fingerprint density at radius 1 is 1.23 bits per heavy atom. The van der Waals surface area contributed by atoms with E-state index in [2.05, 4.69) is 0 Å². The predicted molar refractivity (Wildman–Crippen MR) is 76.5 cm³/mol. The summed E-state index contributed by atoms with van der Waals surface area (Å²) < 4.78 is 38.4. The molecule has 0 saturated heterocycles. The molecule has 0 N–H and O–H groups in total. The topological polar surface area (TPSA) is 44.1 Å². The van der Waals surface area contributed by atoms with Crippen LogP contribution in [0.2, 0.25) is 0 Å². The average molecular weight is 312 g/mol. The fraction of sp³-hybridized carbons (Fsp3) is 0.500. The molecular weight excluding hydrogens is 293 g/mol. The van der Waals surface area contributed by atoms with E-state index >= 15 is 0 Å². The first-order chi connectivity index (χ1) is 10.3. The summed E-state index contributed by atoms with van der Waals surface area (Å²) in [5.74, 6) is -1.72. The Hall–Kier alpha value is -2.03. The number of carbonyl (C=O) groups is 1. The summed E-state index contributed by atoms with van der Waals surface area (Å²) in [7, 11) is 0. The molecule has 0 heterocycles. The number of benzene rings is 1.